The third-order valence-corrected chi connectivity index (χ3v) is 4.68. The molecule has 0 radical (unpaired) electrons. The normalized spacial score (nSPS) is 11.0. The highest BCUT2D eigenvalue weighted by Gasteiger charge is 2.36. The van der Waals surface area contributed by atoms with Crippen LogP contribution in [0.1, 0.15) is 25.0 Å². The fourth-order valence-electron chi connectivity index (χ4n) is 2.59. The highest BCUT2D eigenvalue weighted by Crippen LogP contribution is 2.24. The summed E-state index contributed by atoms with van der Waals surface area (Å²) < 4.78 is 5.31. The number of hydrogen-bond acceptors (Lipinski definition) is 3. The molecule has 2 N–H and O–H groups in total. The zero-order valence-electron chi connectivity index (χ0n) is 16.1. The molecule has 0 saturated carbocycles. The van der Waals surface area contributed by atoms with Gasteiger partial charge in [0.15, 0.2) is 0 Å². The maximum atomic E-state index is 12.6. The van der Waals surface area contributed by atoms with E-state index in [0.717, 1.165) is 16.9 Å². The second-order valence-corrected chi connectivity index (χ2v) is 7.29. The number of carbonyl (C=O) groups excluding carboxylic acids is 2. The van der Waals surface area contributed by atoms with Crippen molar-refractivity contribution in [1.82, 2.24) is 5.32 Å². The molecule has 2 aromatic rings. The Morgan fingerprint density at radius 1 is 1.11 bits per heavy atom. The molecule has 0 saturated heterocycles. The van der Waals surface area contributed by atoms with E-state index in [9.17, 15) is 9.59 Å². The van der Waals surface area contributed by atoms with Gasteiger partial charge in [-0.15, -0.1) is 0 Å². The lowest BCUT2D eigenvalue weighted by Gasteiger charge is -2.23. The van der Waals surface area contributed by atoms with Gasteiger partial charge in [0.2, 0.25) is 11.8 Å². The summed E-state index contributed by atoms with van der Waals surface area (Å²) in [7, 11) is 1.61. The van der Waals surface area contributed by atoms with Gasteiger partial charge in [-0.2, -0.15) is 0 Å². The van der Waals surface area contributed by atoms with Crippen molar-refractivity contribution >= 4 is 29.1 Å². The summed E-state index contributed by atoms with van der Waals surface area (Å²) >= 11 is 5.94. The summed E-state index contributed by atoms with van der Waals surface area (Å²) in [6, 6.07) is 12.8. The van der Waals surface area contributed by atoms with Crippen LogP contribution in [0, 0.1) is 12.3 Å². The minimum absolute atomic E-state index is 0.332. The van der Waals surface area contributed by atoms with Crippen molar-refractivity contribution < 1.29 is 14.3 Å². The average Bonchev–Trinajstić information content (AvgIpc) is 2.64. The quantitative estimate of drug-likeness (QED) is 0.705. The first-order valence-electron chi connectivity index (χ1n) is 8.73. The smallest absolute Gasteiger partial charge is 0.239 e. The second kappa shape index (κ2) is 8.91. The van der Waals surface area contributed by atoms with Gasteiger partial charge >= 0.3 is 0 Å². The lowest BCUT2D eigenvalue weighted by atomic mass is 9.90. The Morgan fingerprint density at radius 3 is 2.48 bits per heavy atom. The van der Waals surface area contributed by atoms with Crippen molar-refractivity contribution in [3.8, 4) is 5.75 Å². The molecule has 2 amide bonds. The zero-order valence-corrected chi connectivity index (χ0v) is 16.8. The van der Waals surface area contributed by atoms with E-state index in [1.54, 1.807) is 39.2 Å². The molecule has 0 aliphatic carbocycles. The molecule has 0 fully saturated rings. The molecule has 2 aromatic carbocycles. The van der Waals surface area contributed by atoms with E-state index in [-0.39, 0.29) is 11.8 Å². The number of para-hydroxylation sites is 1. The SMILES string of the molecule is COc1ccccc1CCNC(=O)C(C)(C)C(=O)Nc1ccc(Cl)cc1C. The maximum absolute atomic E-state index is 12.6. The molecule has 27 heavy (non-hydrogen) atoms. The summed E-state index contributed by atoms with van der Waals surface area (Å²) in [5, 5.41) is 6.24. The van der Waals surface area contributed by atoms with Crippen LogP contribution in [-0.4, -0.2) is 25.5 Å². The molecule has 0 aliphatic heterocycles. The van der Waals surface area contributed by atoms with E-state index < -0.39 is 5.41 Å². The van der Waals surface area contributed by atoms with Crippen molar-refractivity contribution in [2.75, 3.05) is 19.0 Å². The van der Waals surface area contributed by atoms with E-state index in [4.69, 9.17) is 16.3 Å². The summed E-state index contributed by atoms with van der Waals surface area (Å²) in [6.07, 6.45) is 0.615. The van der Waals surface area contributed by atoms with E-state index in [2.05, 4.69) is 10.6 Å². The predicted molar refractivity (Wildman–Crippen MR) is 108 cm³/mol. The highest BCUT2D eigenvalue weighted by molar-refractivity contribution is 6.30. The van der Waals surface area contributed by atoms with Crippen molar-refractivity contribution in [3.63, 3.8) is 0 Å². The van der Waals surface area contributed by atoms with E-state index in [1.807, 2.05) is 31.2 Å². The van der Waals surface area contributed by atoms with Crippen LogP contribution in [0.25, 0.3) is 0 Å². The topological polar surface area (TPSA) is 67.4 Å². The number of rotatable bonds is 7. The van der Waals surface area contributed by atoms with Crippen LogP contribution >= 0.6 is 11.6 Å². The first-order valence-corrected chi connectivity index (χ1v) is 9.11. The Kier molecular flexibility index (Phi) is 6.86. The first kappa shape index (κ1) is 20.8. The third-order valence-electron chi connectivity index (χ3n) is 4.44. The van der Waals surface area contributed by atoms with Crippen LogP contribution in [0.4, 0.5) is 5.69 Å². The minimum atomic E-state index is -1.22. The van der Waals surface area contributed by atoms with Crippen LogP contribution in [0.3, 0.4) is 0 Å². The number of benzene rings is 2. The minimum Gasteiger partial charge on any atom is -0.496 e. The Hall–Kier alpha value is -2.53. The number of anilines is 1. The largest absolute Gasteiger partial charge is 0.496 e. The Bertz CT molecular complexity index is 834. The molecule has 0 heterocycles. The van der Waals surface area contributed by atoms with Gasteiger partial charge in [0.25, 0.3) is 0 Å². The van der Waals surface area contributed by atoms with Gasteiger partial charge in [-0.3, -0.25) is 9.59 Å². The second-order valence-electron chi connectivity index (χ2n) is 6.86. The van der Waals surface area contributed by atoms with Crippen molar-refractivity contribution in [3.05, 3.63) is 58.6 Å². The number of aryl methyl sites for hydroxylation is 1. The standard InChI is InChI=1S/C21H25ClN2O3/c1-14-13-16(22)9-10-17(14)24-20(26)21(2,3)19(25)23-12-11-15-7-5-6-8-18(15)27-4/h5-10,13H,11-12H2,1-4H3,(H,23,25)(H,24,26). The summed E-state index contributed by atoms with van der Waals surface area (Å²) in [5.41, 5.74) is 1.26. The van der Waals surface area contributed by atoms with Gasteiger partial charge in [0.1, 0.15) is 11.2 Å². The predicted octanol–water partition coefficient (Wildman–Crippen LogP) is 3.98. The Labute approximate surface area is 165 Å². The molecule has 0 bridgehead atoms. The molecule has 6 heteroatoms. The number of carbonyl (C=O) groups is 2. The van der Waals surface area contributed by atoms with E-state index >= 15 is 0 Å². The number of nitrogens with one attached hydrogen (secondary N) is 2. The van der Waals surface area contributed by atoms with Crippen LogP contribution in [0.5, 0.6) is 5.75 Å². The van der Waals surface area contributed by atoms with Crippen molar-refractivity contribution in [2.24, 2.45) is 5.41 Å². The van der Waals surface area contributed by atoms with Crippen molar-refractivity contribution in [2.45, 2.75) is 27.2 Å². The van der Waals surface area contributed by atoms with Gasteiger partial charge in [0, 0.05) is 17.3 Å². The van der Waals surface area contributed by atoms with Crippen LogP contribution in [-0.2, 0) is 16.0 Å². The van der Waals surface area contributed by atoms with Gasteiger partial charge in [-0.05, 0) is 62.6 Å². The zero-order chi connectivity index (χ0) is 20.0. The first-order chi connectivity index (χ1) is 12.8. The van der Waals surface area contributed by atoms with Crippen LogP contribution in [0.15, 0.2) is 42.5 Å². The fraction of sp³-hybridized carbons (Fsp3) is 0.333. The Morgan fingerprint density at radius 2 is 1.81 bits per heavy atom. The lowest BCUT2D eigenvalue weighted by Crippen LogP contribution is -2.45. The maximum Gasteiger partial charge on any atom is 0.239 e. The molecule has 2 rings (SSSR count). The molecule has 144 valence electrons. The van der Waals surface area contributed by atoms with Crippen LogP contribution in [0.2, 0.25) is 5.02 Å². The highest BCUT2D eigenvalue weighted by atomic mass is 35.5. The van der Waals surface area contributed by atoms with E-state index in [0.29, 0.717) is 23.7 Å². The van der Waals surface area contributed by atoms with E-state index in [1.165, 1.54) is 0 Å². The molecule has 0 aromatic heterocycles. The van der Waals surface area contributed by atoms with Gasteiger partial charge in [-0.1, -0.05) is 29.8 Å². The van der Waals surface area contributed by atoms with Crippen molar-refractivity contribution in [1.29, 1.82) is 0 Å². The molecular formula is C21H25ClN2O3. The molecule has 0 unspecified atom stereocenters. The monoisotopic (exact) mass is 388 g/mol. The lowest BCUT2D eigenvalue weighted by molar-refractivity contribution is -0.138. The number of amides is 2. The molecule has 0 atom stereocenters. The average molecular weight is 389 g/mol. The molecule has 0 aliphatic rings. The summed E-state index contributed by atoms with van der Waals surface area (Å²) in [5.74, 6) is 0.0752. The Balaban J connectivity index is 1.96. The fourth-order valence-corrected chi connectivity index (χ4v) is 2.82. The van der Waals surface area contributed by atoms with Gasteiger partial charge in [0.05, 0.1) is 7.11 Å². The number of methoxy groups -OCH3 is 1. The van der Waals surface area contributed by atoms with Gasteiger partial charge in [-0.25, -0.2) is 0 Å². The number of halogens is 1. The third kappa shape index (κ3) is 5.23. The summed E-state index contributed by atoms with van der Waals surface area (Å²) in [6.45, 7) is 5.47. The van der Waals surface area contributed by atoms with Gasteiger partial charge < -0.3 is 15.4 Å². The summed E-state index contributed by atoms with van der Waals surface area (Å²) in [4.78, 5) is 25.2. The molecular weight excluding hydrogens is 364 g/mol. The molecule has 0 spiro atoms. The number of ether oxygens (including phenoxy) is 1. The number of hydrogen-bond donors (Lipinski definition) is 2. The molecule has 5 nitrogen and oxygen atoms in total. The van der Waals surface area contributed by atoms with Crippen LogP contribution < -0.4 is 15.4 Å².